The molecule has 88 valence electrons. The lowest BCUT2D eigenvalue weighted by Gasteiger charge is -2.06. The quantitative estimate of drug-likeness (QED) is 0.849. The maximum absolute atomic E-state index is 4.07. The zero-order valence-electron chi connectivity index (χ0n) is 10.8. The van der Waals surface area contributed by atoms with E-state index < -0.39 is 0 Å². The largest absolute Gasteiger partial charge is 0.368 e. The van der Waals surface area contributed by atoms with Crippen LogP contribution in [0.25, 0.3) is 0 Å². The Morgan fingerprint density at radius 2 is 1.88 bits per heavy atom. The van der Waals surface area contributed by atoms with E-state index >= 15 is 0 Å². The van der Waals surface area contributed by atoms with Gasteiger partial charge in [0.15, 0.2) is 0 Å². The van der Waals surface area contributed by atoms with Gasteiger partial charge in [0.1, 0.15) is 5.82 Å². The summed E-state index contributed by atoms with van der Waals surface area (Å²) < 4.78 is 0. The molecule has 1 aromatic heterocycles. The lowest BCUT2D eigenvalue weighted by atomic mass is 10.0. The van der Waals surface area contributed by atoms with Crippen LogP contribution in [0.15, 0.2) is 12.3 Å². The Morgan fingerprint density at radius 1 is 1.25 bits per heavy atom. The summed E-state index contributed by atoms with van der Waals surface area (Å²) in [5.74, 6) is 1.60. The van der Waals surface area contributed by atoms with Gasteiger partial charge in [0.2, 0.25) is 0 Å². The highest BCUT2D eigenvalue weighted by Crippen LogP contribution is 2.68. The van der Waals surface area contributed by atoms with Crippen molar-refractivity contribution < 1.29 is 0 Å². The van der Waals surface area contributed by atoms with E-state index in [0.29, 0.717) is 16.7 Å². The summed E-state index contributed by atoms with van der Waals surface area (Å²) in [5.41, 5.74) is 2.00. The first-order valence-electron chi connectivity index (χ1n) is 5.89. The second kappa shape index (κ2) is 3.44. The highest BCUT2D eigenvalue weighted by Gasteiger charge is 2.64. The zero-order valence-corrected chi connectivity index (χ0v) is 10.8. The number of hydrogen-bond acceptors (Lipinski definition) is 3. The number of nitrogens with zero attached hydrogens (tertiary/aromatic N) is 2. The molecule has 1 fully saturated rings. The van der Waals surface area contributed by atoms with Crippen molar-refractivity contribution in [1.82, 2.24) is 10.2 Å². The summed E-state index contributed by atoms with van der Waals surface area (Å²) in [7, 11) is 0. The van der Waals surface area contributed by atoms with Gasteiger partial charge in [-0.25, -0.2) is 0 Å². The minimum atomic E-state index is 0.428. The van der Waals surface area contributed by atoms with Gasteiger partial charge in [0.05, 0.1) is 6.20 Å². The van der Waals surface area contributed by atoms with Crippen LogP contribution in [0.1, 0.15) is 33.3 Å². The molecule has 3 heteroatoms. The molecule has 1 aliphatic carbocycles. The molecule has 0 bridgehead atoms. The maximum atomic E-state index is 4.07. The van der Waals surface area contributed by atoms with Crippen molar-refractivity contribution in [3.8, 4) is 0 Å². The number of rotatable bonds is 3. The average molecular weight is 219 g/mol. The van der Waals surface area contributed by atoms with Crippen molar-refractivity contribution in [2.24, 2.45) is 16.7 Å². The molecule has 1 aliphatic rings. The standard InChI is InChI=1S/C13H21N3/c1-9-6-11(16-15-7-9)14-8-10-12(2,3)13(10,4)5/h6-7,10H,8H2,1-5H3,(H,14,16). The second-order valence-electron chi connectivity index (χ2n) is 6.00. The SMILES string of the molecule is Cc1cnnc(NCC2C(C)(C)C2(C)C)c1. The fraction of sp³-hybridized carbons (Fsp3) is 0.692. The highest BCUT2D eigenvalue weighted by molar-refractivity contribution is 5.36. The van der Waals surface area contributed by atoms with E-state index in [4.69, 9.17) is 0 Å². The van der Waals surface area contributed by atoms with E-state index in [0.717, 1.165) is 17.9 Å². The first-order valence-corrected chi connectivity index (χ1v) is 5.89. The van der Waals surface area contributed by atoms with E-state index in [1.54, 1.807) is 6.20 Å². The molecule has 0 aliphatic heterocycles. The normalized spacial score (nSPS) is 21.8. The van der Waals surface area contributed by atoms with E-state index in [-0.39, 0.29) is 0 Å². The first-order chi connectivity index (χ1) is 7.35. The minimum Gasteiger partial charge on any atom is -0.368 e. The van der Waals surface area contributed by atoms with Crippen LogP contribution in [0.5, 0.6) is 0 Å². The third-order valence-electron chi connectivity index (χ3n) is 4.60. The Hall–Kier alpha value is -1.12. The smallest absolute Gasteiger partial charge is 0.148 e. The highest BCUT2D eigenvalue weighted by atomic mass is 15.2. The summed E-state index contributed by atoms with van der Waals surface area (Å²) in [6, 6.07) is 2.04. The Kier molecular flexibility index (Phi) is 2.44. The predicted octanol–water partition coefficient (Wildman–Crippen LogP) is 2.88. The van der Waals surface area contributed by atoms with Gasteiger partial charge in [-0.15, -0.1) is 5.10 Å². The van der Waals surface area contributed by atoms with Crippen LogP contribution in [0.4, 0.5) is 5.82 Å². The number of nitrogens with one attached hydrogen (secondary N) is 1. The van der Waals surface area contributed by atoms with Crippen molar-refractivity contribution >= 4 is 5.82 Å². The Morgan fingerprint density at radius 3 is 2.38 bits per heavy atom. The summed E-state index contributed by atoms with van der Waals surface area (Å²) in [4.78, 5) is 0. The summed E-state index contributed by atoms with van der Waals surface area (Å²) in [6.07, 6.45) is 1.77. The Bertz CT molecular complexity index is 382. The third kappa shape index (κ3) is 1.68. The van der Waals surface area contributed by atoms with Gasteiger partial charge in [0.25, 0.3) is 0 Å². The van der Waals surface area contributed by atoms with Crippen molar-refractivity contribution in [1.29, 1.82) is 0 Å². The summed E-state index contributed by atoms with van der Waals surface area (Å²) >= 11 is 0. The maximum Gasteiger partial charge on any atom is 0.148 e. The topological polar surface area (TPSA) is 37.8 Å². The third-order valence-corrected chi connectivity index (χ3v) is 4.60. The number of aryl methyl sites for hydroxylation is 1. The fourth-order valence-electron chi connectivity index (χ4n) is 2.60. The molecule has 3 nitrogen and oxygen atoms in total. The molecule has 0 radical (unpaired) electrons. The van der Waals surface area contributed by atoms with Crippen LogP contribution in [0.2, 0.25) is 0 Å². The van der Waals surface area contributed by atoms with Crippen molar-refractivity contribution in [2.45, 2.75) is 34.6 Å². The van der Waals surface area contributed by atoms with Gasteiger partial charge in [-0.3, -0.25) is 0 Å². The Balaban J connectivity index is 1.95. The van der Waals surface area contributed by atoms with Gasteiger partial charge < -0.3 is 5.32 Å². The molecular formula is C13H21N3. The van der Waals surface area contributed by atoms with E-state index in [9.17, 15) is 0 Å². The molecule has 1 heterocycles. The molecule has 0 saturated heterocycles. The van der Waals surface area contributed by atoms with Gasteiger partial charge in [-0.1, -0.05) is 27.7 Å². The zero-order chi connectivity index (χ0) is 12.0. The molecule has 1 aromatic rings. The average Bonchev–Trinajstić information content (AvgIpc) is 2.55. The Labute approximate surface area is 97.7 Å². The number of aromatic nitrogens is 2. The molecule has 1 saturated carbocycles. The molecule has 2 rings (SSSR count). The monoisotopic (exact) mass is 219 g/mol. The lowest BCUT2D eigenvalue weighted by molar-refractivity contribution is 0.457. The fourth-order valence-corrected chi connectivity index (χ4v) is 2.60. The van der Waals surface area contributed by atoms with Crippen LogP contribution in [0.3, 0.4) is 0 Å². The predicted molar refractivity (Wildman–Crippen MR) is 66.3 cm³/mol. The van der Waals surface area contributed by atoms with E-state index in [2.05, 4.69) is 43.2 Å². The summed E-state index contributed by atoms with van der Waals surface area (Å²) in [6.45, 7) is 12.4. The van der Waals surface area contributed by atoms with Crippen LogP contribution in [0, 0.1) is 23.7 Å². The molecule has 1 N–H and O–H groups in total. The van der Waals surface area contributed by atoms with Gasteiger partial charge in [-0.2, -0.15) is 5.10 Å². The van der Waals surface area contributed by atoms with Crippen LogP contribution >= 0.6 is 0 Å². The van der Waals surface area contributed by atoms with Crippen molar-refractivity contribution in [3.05, 3.63) is 17.8 Å². The molecule has 16 heavy (non-hydrogen) atoms. The number of anilines is 1. The molecular weight excluding hydrogens is 198 g/mol. The van der Waals surface area contributed by atoms with Gasteiger partial charge >= 0.3 is 0 Å². The van der Waals surface area contributed by atoms with Crippen LogP contribution in [-0.4, -0.2) is 16.7 Å². The molecule has 0 spiro atoms. The summed E-state index contributed by atoms with van der Waals surface area (Å²) in [5, 5.41) is 11.4. The number of hydrogen-bond donors (Lipinski definition) is 1. The van der Waals surface area contributed by atoms with Crippen molar-refractivity contribution in [2.75, 3.05) is 11.9 Å². The van der Waals surface area contributed by atoms with E-state index in [1.807, 2.05) is 13.0 Å². The van der Waals surface area contributed by atoms with Crippen LogP contribution in [-0.2, 0) is 0 Å². The van der Waals surface area contributed by atoms with Gasteiger partial charge in [-0.05, 0) is 35.3 Å². The van der Waals surface area contributed by atoms with Crippen LogP contribution < -0.4 is 5.32 Å². The van der Waals surface area contributed by atoms with Gasteiger partial charge in [0, 0.05) is 6.54 Å². The molecule has 0 unspecified atom stereocenters. The van der Waals surface area contributed by atoms with Crippen molar-refractivity contribution in [3.63, 3.8) is 0 Å². The lowest BCUT2D eigenvalue weighted by Crippen LogP contribution is -2.09. The minimum absolute atomic E-state index is 0.428. The molecule has 0 atom stereocenters. The van der Waals surface area contributed by atoms with E-state index in [1.165, 1.54) is 0 Å². The molecule has 0 amide bonds. The first kappa shape index (κ1) is 11.4. The molecule has 0 aromatic carbocycles. The second-order valence-corrected chi connectivity index (χ2v) is 6.00.